The molecule has 0 radical (unpaired) electrons. The second-order valence-corrected chi connectivity index (χ2v) is 5.68. The van der Waals surface area contributed by atoms with Gasteiger partial charge in [0.15, 0.2) is 0 Å². The number of fused-ring (bicyclic) bond motifs is 5. The molecule has 1 saturated carbocycles. The average Bonchev–Trinajstić information content (AvgIpc) is 3.32. The molecule has 1 fully saturated rings. The molecule has 0 heterocycles. The predicted octanol–water partition coefficient (Wildman–Crippen LogP) is 3.42. The number of benzene rings is 2. The van der Waals surface area contributed by atoms with Crippen LogP contribution >= 0.6 is 12.4 Å². The Hall–Kier alpha value is -1.84. The van der Waals surface area contributed by atoms with Gasteiger partial charge in [0, 0.05) is 17.7 Å². The summed E-state index contributed by atoms with van der Waals surface area (Å²) in [6.07, 6.45) is 1.24. The lowest BCUT2D eigenvalue weighted by molar-refractivity contribution is 0.152. The Morgan fingerprint density at radius 1 is 0.955 bits per heavy atom. The first-order chi connectivity index (χ1) is 10.4. The highest BCUT2D eigenvalue weighted by molar-refractivity contribution is 6.15. The molecule has 2 aliphatic carbocycles. The molecular weight excluding hydrogens is 296 g/mol. The quantitative estimate of drug-likeness (QED) is 0.697. The monoisotopic (exact) mass is 314 g/mol. The van der Waals surface area contributed by atoms with Gasteiger partial charge in [-0.2, -0.15) is 0 Å². The van der Waals surface area contributed by atoms with E-state index in [1.165, 1.54) is 28.7 Å². The molecule has 2 aliphatic rings. The zero-order chi connectivity index (χ0) is 14.2. The Morgan fingerprint density at radius 2 is 1.50 bits per heavy atom. The molecule has 22 heavy (non-hydrogen) atoms. The highest BCUT2D eigenvalue weighted by Crippen LogP contribution is 2.58. The van der Waals surface area contributed by atoms with E-state index in [0.717, 1.165) is 5.71 Å². The van der Waals surface area contributed by atoms with E-state index in [4.69, 9.17) is 10.6 Å². The van der Waals surface area contributed by atoms with Crippen molar-refractivity contribution in [3.63, 3.8) is 0 Å². The maximum atomic E-state index is 5.50. The molecule has 0 aromatic heterocycles. The third-order valence-corrected chi connectivity index (χ3v) is 4.39. The van der Waals surface area contributed by atoms with Gasteiger partial charge in [0.1, 0.15) is 12.3 Å². The van der Waals surface area contributed by atoms with Crippen LogP contribution in [-0.2, 0) is 4.84 Å². The van der Waals surface area contributed by atoms with E-state index >= 15 is 0 Å². The number of halogens is 1. The summed E-state index contributed by atoms with van der Waals surface area (Å²) >= 11 is 0. The van der Waals surface area contributed by atoms with E-state index in [1.54, 1.807) is 0 Å². The van der Waals surface area contributed by atoms with E-state index in [1.807, 2.05) is 0 Å². The predicted molar refractivity (Wildman–Crippen MR) is 90.9 cm³/mol. The molecular formula is C18H19ClN2O. The first-order valence-corrected chi connectivity index (χ1v) is 7.48. The van der Waals surface area contributed by atoms with Crippen LogP contribution in [0.25, 0.3) is 0 Å². The van der Waals surface area contributed by atoms with Crippen molar-refractivity contribution in [2.75, 3.05) is 13.2 Å². The van der Waals surface area contributed by atoms with Crippen LogP contribution in [0, 0.1) is 0 Å². The molecule has 114 valence electrons. The van der Waals surface area contributed by atoms with Gasteiger partial charge in [0.05, 0.1) is 0 Å². The van der Waals surface area contributed by atoms with E-state index in [-0.39, 0.29) is 12.4 Å². The summed E-state index contributed by atoms with van der Waals surface area (Å²) in [5.74, 6) is 1.26. The van der Waals surface area contributed by atoms with Gasteiger partial charge in [-0.25, -0.2) is 0 Å². The fraction of sp³-hybridized carbons (Fsp3) is 0.278. The zero-order valence-electron chi connectivity index (χ0n) is 12.2. The molecule has 0 bridgehead atoms. The molecule has 3 nitrogen and oxygen atoms in total. The van der Waals surface area contributed by atoms with Gasteiger partial charge < -0.3 is 10.6 Å². The van der Waals surface area contributed by atoms with Gasteiger partial charge in [-0.15, -0.1) is 12.4 Å². The van der Waals surface area contributed by atoms with Crippen LogP contribution in [0.5, 0.6) is 0 Å². The van der Waals surface area contributed by atoms with Gasteiger partial charge in [-0.3, -0.25) is 0 Å². The molecule has 0 spiro atoms. The van der Waals surface area contributed by atoms with Crippen LogP contribution in [0.1, 0.15) is 40.5 Å². The molecule has 4 rings (SSSR count). The molecule has 0 aliphatic heterocycles. The van der Waals surface area contributed by atoms with Crippen molar-refractivity contribution in [1.82, 2.24) is 0 Å². The summed E-state index contributed by atoms with van der Waals surface area (Å²) in [7, 11) is 0. The topological polar surface area (TPSA) is 47.6 Å². The number of nitrogens with zero attached hydrogens (tertiary/aromatic N) is 1. The van der Waals surface area contributed by atoms with Crippen LogP contribution in [0.15, 0.2) is 53.7 Å². The van der Waals surface area contributed by atoms with Crippen molar-refractivity contribution in [3.05, 3.63) is 70.8 Å². The standard InChI is InChI=1S/C18H18N2O.ClH/c19-9-10-21-20-18-14-7-3-1-5-12(14)16-11-17(16)13-6-2-4-8-15(13)18;/h1-8,16-17H,9-11,19H2;1H/t16-,17+;. The Bertz CT molecular complexity index is 660. The van der Waals surface area contributed by atoms with Crippen molar-refractivity contribution in [1.29, 1.82) is 0 Å². The van der Waals surface area contributed by atoms with Crippen LogP contribution in [0.4, 0.5) is 0 Å². The summed E-state index contributed by atoms with van der Waals surface area (Å²) in [6, 6.07) is 17.1. The second kappa shape index (κ2) is 6.11. The summed E-state index contributed by atoms with van der Waals surface area (Å²) in [6.45, 7) is 0.923. The lowest BCUT2D eigenvalue weighted by Gasteiger charge is -2.11. The molecule has 2 atom stereocenters. The van der Waals surface area contributed by atoms with Crippen molar-refractivity contribution >= 4 is 18.1 Å². The normalized spacial score (nSPS) is 22.7. The Kier molecular flexibility index (Phi) is 4.19. The summed E-state index contributed by atoms with van der Waals surface area (Å²) < 4.78 is 0. The van der Waals surface area contributed by atoms with E-state index < -0.39 is 0 Å². The minimum Gasteiger partial charge on any atom is -0.394 e. The number of rotatable bonds is 3. The Balaban J connectivity index is 0.00000144. The molecule has 2 aromatic rings. The maximum Gasteiger partial charge on any atom is 0.129 e. The van der Waals surface area contributed by atoms with Crippen molar-refractivity contribution in [2.24, 2.45) is 10.9 Å². The average molecular weight is 315 g/mol. The molecule has 0 amide bonds. The van der Waals surface area contributed by atoms with Gasteiger partial charge in [-0.1, -0.05) is 53.7 Å². The lowest BCUT2D eigenvalue weighted by atomic mass is 9.95. The molecule has 0 saturated heterocycles. The van der Waals surface area contributed by atoms with E-state index in [2.05, 4.69) is 53.7 Å². The fourth-order valence-electron chi connectivity index (χ4n) is 3.36. The SMILES string of the molecule is Cl.NCCON=C1c2ccccc2[C@H]2C[C@H]2c2ccccc21. The van der Waals surface area contributed by atoms with Gasteiger partial charge in [-0.05, 0) is 29.4 Å². The van der Waals surface area contributed by atoms with Crippen molar-refractivity contribution in [2.45, 2.75) is 18.3 Å². The third kappa shape index (κ3) is 2.40. The number of nitrogens with two attached hydrogens (primary N) is 1. The number of hydrogen-bond acceptors (Lipinski definition) is 3. The lowest BCUT2D eigenvalue weighted by Crippen LogP contribution is -2.11. The van der Waals surface area contributed by atoms with Crippen molar-refractivity contribution < 1.29 is 4.84 Å². The summed E-state index contributed by atoms with van der Waals surface area (Å²) in [5.41, 5.74) is 11.6. The summed E-state index contributed by atoms with van der Waals surface area (Å²) in [5, 5.41) is 4.41. The highest BCUT2D eigenvalue weighted by atomic mass is 35.5. The maximum absolute atomic E-state index is 5.50. The Labute approximate surface area is 136 Å². The van der Waals surface area contributed by atoms with Crippen LogP contribution < -0.4 is 5.73 Å². The van der Waals surface area contributed by atoms with Gasteiger partial charge in [0.25, 0.3) is 0 Å². The first-order valence-electron chi connectivity index (χ1n) is 7.48. The van der Waals surface area contributed by atoms with Crippen LogP contribution in [0.2, 0.25) is 0 Å². The number of oxime groups is 1. The van der Waals surface area contributed by atoms with Gasteiger partial charge >= 0.3 is 0 Å². The summed E-state index contributed by atoms with van der Waals surface area (Å²) in [4.78, 5) is 5.40. The van der Waals surface area contributed by atoms with Crippen LogP contribution in [0.3, 0.4) is 0 Å². The number of hydrogen-bond donors (Lipinski definition) is 1. The first kappa shape index (κ1) is 15.1. The van der Waals surface area contributed by atoms with Gasteiger partial charge in [0.2, 0.25) is 0 Å². The highest BCUT2D eigenvalue weighted by Gasteiger charge is 2.44. The third-order valence-electron chi connectivity index (χ3n) is 4.39. The minimum atomic E-state index is 0. The largest absolute Gasteiger partial charge is 0.394 e. The molecule has 2 aromatic carbocycles. The zero-order valence-corrected chi connectivity index (χ0v) is 13.1. The van der Waals surface area contributed by atoms with Crippen LogP contribution in [-0.4, -0.2) is 18.9 Å². The second-order valence-electron chi connectivity index (χ2n) is 5.68. The Morgan fingerprint density at radius 3 is 2.05 bits per heavy atom. The molecule has 0 unspecified atom stereocenters. The van der Waals surface area contributed by atoms with E-state index in [9.17, 15) is 0 Å². The van der Waals surface area contributed by atoms with E-state index in [0.29, 0.717) is 25.0 Å². The molecule has 4 heteroatoms. The van der Waals surface area contributed by atoms with Crippen molar-refractivity contribution in [3.8, 4) is 0 Å². The molecule has 2 N–H and O–H groups in total. The smallest absolute Gasteiger partial charge is 0.129 e. The minimum absolute atomic E-state index is 0. The fourth-order valence-corrected chi connectivity index (χ4v) is 3.36.